The van der Waals surface area contributed by atoms with E-state index in [1.54, 1.807) is 6.20 Å². The molecule has 1 amide bonds. The van der Waals surface area contributed by atoms with Crippen LogP contribution in [0.5, 0.6) is 0 Å². The second kappa shape index (κ2) is 8.95. The summed E-state index contributed by atoms with van der Waals surface area (Å²) >= 11 is 0. The number of hydrogen-bond donors (Lipinski definition) is 2. The molecule has 8 heteroatoms. The number of anilines is 2. The van der Waals surface area contributed by atoms with Crippen molar-refractivity contribution in [2.24, 2.45) is 0 Å². The van der Waals surface area contributed by atoms with Crippen molar-refractivity contribution in [2.75, 3.05) is 24.3 Å². The van der Waals surface area contributed by atoms with Gasteiger partial charge in [-0.25, -0.2) is 13.8 Å². The zero-order valence-electron chi connectivity index (χ0n) is 16.1. The number of amides is 1. The summed E-state index contributed by atoms with van der Waals surface area (Å²) in [6.07, 6.45) is 5.25. The SMILES string of the molecule is CN(C)c1ccnc(NC2CCC(NC(=O)Cc3ccc(F)c(F)c3)CC2)n1. The summed E-state index contributed by atoms with van der Waals surface area (Å²) < 4.78 is 26.2. The minimum Gasteiger partial charge on any atom is -0.363 e. The first-order valence-electron chi connectivity index (χ1n) is 9.41. The molecule has 3 rings (SSSR count). The van der Waals surface area contributed by atoms with E-state index in [-0.39, 0.29) is 24.4 Å². The predicted octanol–water partition coefficient (Wildman–Crippen LogP) is 2.90. The standard InChI is InChI=1S/C20H25F2N5O/c1-27(2)18-9-10-23-20(26-18)25-15-6-4-14(5-7-15)24-19(28)12-13-3-8-16(21)17(22)11-13/h3,8-11,14-15H,4-7,12H2,1-2H3,(H,24,28)(H,23,25,26). The molecule has 2 aromatic rings. The molecule has 1 saturated carbocycles. The molecule has 28 heavy (non-hydrogen) atoms. The van der Waals surface area contributed by atoms with Crippen molar-refractivity contribution in [3.63, 3.8) is 0 Å². The maximum absolute atomic E-state index is 13.3. The van der Waals surface area contributed by atoms with Gasteiger partial charge in [-0.3, -0.25) is 4.79 Å². The summed E-state index contributed by atoms with van der Waals surface area (Å²) in [5, 5.41) is 6.35. The van der Waals surface area contributed by atoms with E-state index in [0.717, 1.165) is 43.6 Å². The van der Waals surface area contributed by atoms with Gasteiger partial charge in [0.2, 0.25) is 11.9 Å². The lowest BCUT2D eigenvalue weighted by Crippen LogP contribution is -2.40. The quantitative estimate of drug-likeness (QED) is 0.795. The van der Waals surface area contributed by atoms with E-state index >= 15 is 0 Å². The number of aromatic nitrogens is 2. The topological polar surface area (TPSA) is 70.2 Å². The van der Waals surface area contributed by atoms with E-state index in [1.165, 1.54) is 6.07 Å². The number of hydrogen-bond acceptors (Lipinski definition) is 5. The van der Waals surface area contributed by atoms with E-state index in [0.29, 0.717) is 11.5 Å². The summed E-state index contributed by atoms with van der Waals surface area (Å²) in [4.78, 5) is 22.8. The van der Waals surface area contributed by atoms with Gasteiger partial charge in [-0.1, -0.05) is 6.07 Å². The summed E-state index contributed by atoms with van der Waals surface area (Å²) in [7, 11) is 3.86. The van der Waals surface area contributed by atoms with Gasteiger partial charge in [0.05, 0.1) is 6.42 Å². The van der Waals surface area contributed by atoms with Gasteiger partial charge in [-0.2, -0.15) is 4.98 Å². The second-order valence-electron chi connectivity index (χ2n) is 7.32. The molecule has 1 fully saturated rings. The minimum absolute atomic E-state index is 0.0422. The van der Waals surface area contributed by atoms with Crippen LogP contribution in [-0.2, 0) is 11.2 Å². The van der Waals surface area contributed by atoms with Crippen LogP contribution in [-0.4, -0.2) is 42.1 Å². The smallest absolute Gasteiger partial charge is 0.224 e. The summed E-state index contributed by atoms with van der Waals surface area (Å²) in [5.74, 6) is -0.565. The van der Waals surface area contributed by atoms with Gasteiger partial charge >= 0.3 is 0 Å². The van der Waals surface area contributed by atoms with Gasteiger partial charge in [0.15, 0.2) is 11.6 Å². The Balaban J connectivity index is 1.45. The third-order valence-electron chi connectivity index (χ3n) is 4.87. The van der Waals surface area contributed by atoms with Gasteiger partial charge in [-0.05, 0) is 49.4 Å². The molecule has 6 nitrogen and oxygen atoms in total. The summed E-state index contributed by atoms with van der Waals surface area (Å²) in [6.45, 7) is 0. The monoisotopic (exact) mass is 389 g/mol. The molecule has 1 heterocycles. The van der Waals surface area contributed by atoms with E-state index in [1.807, 2.05) is 25.1 Å². The molecule has 0 bridgehead atoms. The molecule has 1 aromatic heterocycles. The Morgan fingerprint density at radius 2 is 1.82 bits per heavy atom. The van der Waals surface area contributed by atoms with Crippen LogP contribution >= 0.6 is 0 Å². The zero-order valence-corrected chi connectivity index (χ0v) is 16.1. The molecule has 1 aliphatic rings. The Morgan fingerprint density at radius 1 is 1.11 bits per heavy atom. The van der Waals surface area contributed by atoms with E-state index in [2.05, 4.69) is 20.6 Å². The molecule has 0 unspecified atom stereocenters. The third kappa shape index (κ3) is 5.37. The average molecular weight is 389 g/mol. The van der Waals surface area contributed by atoms with Gasteiger partial charge < -0.3 is 15.5 Å². The molecular formula is C20H25F2N5O. The first kappa shape index (κ1) is 20.0. The highest BCUT2D eigenvalue weighted by molar-refractivity contribution is 5.78. The fourth-order valence-electron chi connectivity index (χ4n) is 3.35. The molecule has 0 radical (unpaired) electrons. The normalized spacial score (nSPS) is 19.1. The van der Waals surface area contributed by atoms with Gasteiger partial charge in [0.25, 0.3) is 0 Å². The van der Waals surface area contributed by atoms with Gasteiger partial charge in [0, 0.05) is 32.4 Å². The lowest BCUT2D eigenvalue weighted by atomic mass is 9.91. The van der Waals surface area contributed by atoms with Crippen molar-refractivity contribution < 1.29 is 13.6 Å². The van der Waals surface area contributed by atoms with Crippen LogP contribution in [0.2, 0.25) is 0 Å². The van der Waals surface area contributed by atoms with Crippen LogP contribution in [0.3, 0.4) is 0 Å². The molecule has 2 N–H and O–H groups in total. The highest BCUT2D eigenvalue weighted by Gasteiger charge is 2.23. The number of rotatable bonds is 6. The van der Waals surface area contributed by atoms with Crippen LogP contribution in [0.4, 0.5) is 20.5 Å². The number of nitrogens with zero attached hydrogens (tertiary/aromatic N) is 3. The largest absolute Gasteiger partial charge is 0.363 e. The number of benzene rings is 1. The fourth-order valence-corrected chi connectivity index (χ4v) is 3.35. The van der Waals surface area contributed by atoms with E-state index in [4.69, 9.17) is 0 Å². The zero-order chi connectivity index (χ0) is 20.1. The molecular weight excluding hydrogens is 364 g/mol. The highest BCUT2D eigenvalue weighted by atomic mass is 19.2. The van der Waals surface area contributed by atoms with Crippen LogP contribution < -0.4 is 15.5 Å². The third-order valence-corrected chi connectivity index (χ3v) is 4.87. The van der Waals surface area contributed by atoms with Crippen molar-refractivity contribution in [3.8, 4) is 0 Å². The molecule has 0 spiro atoms. The number of nitrogens with one attached hydrogen (secondary N) is 2. The maximum Gasteiger partial charge on any atom is 0.224 e. The van der Waals surface area contributed by atoms with Crippen molar-refractivity contribution in [1.29, 1.82) is 0 Å². The highest BCUT2D eigenvalue weighted by Crippen LogP contribution is 2.22. The Hall–Kier alpha value is -2.77. The molecule has 0 atom stereocenters. The Labute approximate surface area is 163 Å². The maximum atomic E-state index is 13.3. The lowest BCUT2D eigenvalue weighted by molar-refractivity contribution is -0.121. The molecule has 150 valence electrons. The molecule has 1 aromatic carbocycles. The number of halogens is 2. The Kier molecular flexibility index (Phi) is 6.38. The van der Waals surface area contributed by atoms with Crippen LogP contribution in [0.1, 0.15) is 31.2 Å². The van der Waals surface area contributed by atoms with Crippen molar-refractivity contribution in [1.82, 2.24) is 15.3 Å². The fraction of sp³-hybridized carbons (Fsp3) is 0.450. The van der Waals surface area contributed by atoms with Crippen molar-refractivity contribution in [3.05, 3.63) is 47.7 Å². The van der Waals surface area contributed by atoms with E-state index in [9.17, 15) is 13.6 Å². The van der Waals surface area contributed by atoms with Gasteiger partial charge in [-0.15, -0.1) is 0 Å². The molecule has 0 aliphatic heterocycles. The summed E-state index contributed by atoms with van der Waals surface area (Å²) in [6, 6.07) is 5.74. The average Bonchev–Trinajstić information content (AvgIpc) is 2.66. The Morgan fingerprint density at radius 3 is 2.50 bits per heavy atom. The van der Waals surface area contributed by atoms with Crippen molar-refractivity contribution in [2.45, 2.75) is 44.2 Å². The van der Waals surface area contributed by atoms with Crippen LogP contribution in [0.15, 0.2) is 30.5 Å². The van der Waals surface area contributed by atoms with Crippen LogP contribution in [0.25, 0.3) is 0 Å². The molecule has 1 aliphatic carbocycles. The lowest BCUT2D eigenvalue weighted by Gasteiger charge is -2.29. The van der Waals surface area contributed by atoms with Gasteiger partial charge in [0.1, 0.15) is 5.82 Å². The van der Waals surface area contributed by atoms with E-state index < -0.39 is 11.6 Å². The van der Waals surface area contributed by atoms with Crippen molar-refractivity contribution >= 4 is 17.7 Å². The minimum atomic E-state index is -0.933. The first-order valence-corrected chi connectivity index (χ1v) is 9.41. The summed E-state index contributed by atoms with van der Waals surface area (Å²) in [5.41, 5.74) is 0.463. The number of carbonyl (C=O) groups excluding carboxylic acids is 1. The first-order chi connectivity index (χ1) is 13.4. The second-order valence-corrected chi connectivity index (χ2v) is 7.32. The van der Waals surface area contributed by atoms with Crippen LogP contribution in [0, 0.1) is 11.6 Å². The Bertz CT molecular complexity index is 822. The number of carbonyl (C=O) groups is 1. The molecule has 0 saturated heterocycles. The predicted molar refractivity (Wildman–Crippen MR) is 104 cm³/mol.